The molecule has 5 nitrogen and oxygen atoms in total. The number of aryl methyl sites for hydroxylation is 2. The molecule has 118 valence electrons. The van der Waals surface area contributed by atoms with Gasteiger partial charge in [-0.05, 0) is 39.1 Å². The standard InChI is InChI=1S/C17H25N5/c1-5-14-8-6-7-9-15(14)20-16-12-13(2)19-17(21-16)18-10-11-22(3)4/h6-9,12H,5,10-11H2,1-4H3,(H2,18,19,20,21). The van der Waals surface area contributed by atoms with Crippen LogP contribution in [0.5, 0.6) is 0 Å². The van der Waals surface area contributed by atoms with Gasteiger partial charge in [0.05, 0.1) is 0 Å². The van der Waals surface area contributed by atoms with Gasteiger partial charge in [-0.1, -0.05) is 25.1 Å². The van der Waals surface area contributed by atoms with E-state index >= 15 is 0 Å². The average molecular weight is 299 g/mol. The van der Waals surface area contributed by atoms with Crippen molar-refractivity contribution >= 4 is 17.5 Å². The highest BCUT2D eigenvalue weighted by Gasteiger charge is 2.05. The Hall–Kier alpha value is -2.14. The predicted octanol–water partition coefficient (Wildman–Crippen LogP) is 3.06. The number of anilines is 3. The minimum absolute atomic E-state index is 0.665. The molecule has 1 aromatic heterocycles. The van der Waals surface area contributed by atoms with Crippen molar-refractivity contribution in [2.24, 2.45) is 0 Å². The molecule has 0 saturated heterocycles. The molecule has 0 amide bonds. The third-order valence-electron chi connectivity index (χ3n) is 3.36. The molecule has 1 aromatic carbocycles. The van der Waals surface area contributed by atoms with Gasteiger partial charge in [-0.15, -0.1) is 0 Å². The number of likely N-dealkylation sites (N-methyl/N-ethyl adjacent to an activating group) is 1. The molecule has 0 fully saturated rings. The van der Waals surface area contributed by atoms with Gasteiger partial charge in [0.25, 0.3) is 0 Å². The summed E-state index contributed by atoms with van der Waals surface area (Å²) < 4.78 is 0. The Balaban J connectivity index is 2.12. The molecule has 0 atom stereocenters. The summed E-state index contributed by atoms with van der Waals surface area (Å²) in [6.07, 6.45) is 0.987. The zero-order valence-electron chi connectivity index (χ0n) is 13.8. The highest BCUT2D eigenvalue weighted by molar-refractivity contribution is 5.61. The lowest BCUT2D eigenvalue weighted by molar-refractivity contribution is 0.425. The Morgan fingerprint density at radius 3 is 2.64 bits per heavy atom. The van der Waals surface area contributed by atoms with E-state index in [1.807, 2.05) is 33.2 Å². The molecule has 0 unspecified atom stereocenters. The molecule has 0 aliphatic carbocycles. The molecule has 0 aliphatic rings. The predicted molar refractivity (Wildman–Crippen MR) is 92.9 cm³/mol. The summed E-state index contributed by atoms with van der Waals surface area (Å²) in [5, 5.41) is 6.67. The first kappa shape index (κ1) is 16.2. The summed E-state index contributed by atoms with van der Waals surface area (Å²) in [4.78, 5) is 11.1. The van der Waals surface area contributed by atoms with Crippen molar-refractivity contribution in [1.29, 1.82) is 0 Å². The van der Waals surface area contributed by atoms with E-state index in [1.165, 1.54) is 5.56 Å². The number of nitrogens with one attached hydrogen (secondary N) is 2. The quantitative estimate of drug-likeness (QED) is 0.823. The van der Waals surface area contributed by atoms with Gasteiger partial charge in [0, 0.05) is 30.5 Å². The number of para-hydroxylation sites is 1. The molecule has 2 aromatic rings. The van der Waals surface area contributed by atoms with Crippen molar-refractivity contribution < 1.29 is 0 Å². The second-order valence-electron chi connectivity index (χ2n) is 5.58. The first-order chi connectivity index (χ1) is 10.6. The third kappa shape index (κ3) is 4.70. The number of nitrogens with zero attached hydrogens (tertiary/aromatic N) is 3. The lowest BCUT2D eigenvalue weighted by Gasteiger charge is -2.13. The summed E-state index contributed by atoms with van der Waals surface area (Å²) >= 11 is 0. The summed E-state index contributed by atoms with van der Waals surface area (Å²) in [6.45, 7) is 5.90. The smallest absolute Gasteiger partial charge is 0.224 e. The van der Waals surface area contributed by atoms with Crippen LogP contribution in [0, 0.1) is 6.92 Å². The molecular formula is C17H25N5. The lowest BCUT2D eigenvalue weighted by atomic mass is 10.1. The molecule has 22 heavy (non-hydrogen) atoms. The van der Waals surface area contributed by atoms with Crippen LogP contribution in [0.2, 0.25) is 0 Å². The molecule has 0 aliphatic heterocycles. The lowest BCUT2D eigenvalue weighted by Crippen LogP contribution is -2.21. The second-order valence-corrected chi connectivity index (χ2v) is 5.58. The fourth-order valence-corrected chi connectivity index (χ4v) is 2.19. The van der Waals surface area contributed by atoms with Crippen molar-refractivity contribution in [2.45, 2.75) is 20.3 Å². The van der Waals surface area contributed by atoms with Crippen molar-refractivity contribution in [1.82, 2.24) is 14.9 Å². The van der Waals surface area contributed by atoms with Crippen LogP contribution in [0.25, 0.3) is 0 Å². The molecule has 0 spiro atoms. The first-order valence-corrected chi connectivity index (χ1v) is 7.67. The maximum Gasteiger partial charge on any atom is 0.224 e. The maximum atomic E-state index is 4.55. The monoisotopic (exact) mass is 299 g/mol. The zero-order chi connectivity index (χ0) is 15.9. The van der Waals surface area contributed by atoms with Gasteiger partial charge in [-0.2, -0.15) is 4.98 Å². The Labute approximate surface area is 132 Å². The maximum absolute atomic E-state index is 4.55. The first-order valence-electron chi connectivity index (χ1n) is 7.67. The normalized spacial score (nSPS) is 10.8. The number of hydrogen-bond donors (Lipinski definition) is 2. The summed E-state index contributed by atoms with van der Waals surface area (Å²) in [5.74, 6) is 1.49. The van der Waals surface area contributed by atoms with E-state index in [9.17, 15) is 0 Å². The molecule has 2 N–H and O–H groups in total. The Morgan fingerprint density at radius 2 is 1.91 bits per heavy atom. The van der Waals surface area contributed by atoms with Gasteiger partial charge >= 0.3 is 0 Å². The Morgan fingerprint density at radius 1 is 1.14 bits per heavy atom. The minimum atomic E-state index is 0.665. The van der Waals surface area contributed by atoms with Gasteiger partial charge in [0.1, 0.15) is 5.82 Å². The zero-order valence-corrected chi connectivity index (χ0v) is 13.8. The van der Waals surface area contributed by atoms with Gasteiger partial charge < -0.3 is 15.5 Å². The summed E-state index contributed by atoms with van der Waals surface area (Å²) in [6, 6.07) is 10.3. The van der Waals surface area contributed by atoms with Crippen molar-refractivity contribution in [3.05, 3.63) is 41.6 Å². The fourth-order valence-electron chi connectivity index (χ4n) is 2.19. The Bertz CT molecular complexity index is 610. The SMILES string of the molecule is CCc1ccccc1Nc1cc(C)nc(NCCN(C)C)n1. The van der Waals surface area contributed by atoms with E-state index in [1.54, 1.807) is 0 Å². The largest absolute Gasteiger partial charge is 0.353 e. The molecule has 5 heteroatoms. The van der Waals surface area contributed by atoms with Crippen molar-refractivity contribution in [3.8, 4) is 0 Å². The van der Waals surface area contributed by atoms with Gasteiger partial charge in [-0.25, -0.2) is 4.98 Å². The molecule has 0 radical (unpaired) electrons. The van der Waals surface area contributed by atoms with Crippen LogP contribution in [0.3, 0.4) is 0 Å². The van der Waals surface area contributed by atoms with Crippen LogP contribution >= 0.6 is 0 Å². The van der Waals surface area contributed by atoms with Crippen LogP contribution in [0.15, 0.2) is 30.3 Å². The van der Waals surface area contributed by atoms with Crippen molar-refractivity contribution in [2.75, 3.05) is 37.8 Å². The molecular weight excluding hydrogens is 274 g/mol. The van der Waals surface area contributed by atoms with Crippen LogP contribution in [0.1, 0.15) is 18.2 Å². The number of rotatable bonds is 7. The number of aromatic nitrogens is 2. The summed E-state index contributed by atoms with van der Waals surface area (Å²) in [5.41, 5.74) is 3.32. The summed E-state index contributed by atoms with van der Waals surface area (Å²) in [7, 11) is 4.10. The number of benzene rings is 1. The van der Waals surface area contributed by atoms with Crippen molar-refractivity contribution in [3.63, 3.8) is 0 Å². The van der Waals surface area contributed by atoms with Crippen LogP contribution < -0.4 is 10.6 Å². The van der Waals surface area contributed by atoms with Crippen LogP contribution in [0.4, 0.5) is 17.5 Å². The highest BCUT2D eigenvalue weighted by atomic mass is 15.2. The van der Waals surface area contributed by atoms with E-state index in [4.69, 9.17) is 0 Å². The van der Waals surface area contributed by atoms with Gasteiger partial charge in [-0.3, -0.25) is 0 Å². The second kappa shape index (κ2) is 7.75. The van der Waals surface area contributed by atoms with Crippen LogP contribution in [-0.4, -0.2) is 42.1 Å². The minimum Gasteiger partial charge on any atom is -0.353 e. The topological polar surface area (TPSA) is 53.1 Å². The van der Waals surface area contributed by atoms with E-state index in [0.717, 1.165) is 36.7 Å². The van der Waals surface area contributed by atoms with E-state index in [2.05, 4.69) is 50.6 Å². The van der Waals surface area contributed by atoms with Crippen LogP contribution in [-0.2, 0) is 6.42 Å². The van der Waals surface area contributed by atoms with Gasteiger partial charge in [0.15, 0.2) is 0 Å². The Kier molecular flexibility index (Phi) is 5.72. The average Bonchev–Trinajstić information content (AvgIpc) is 2.47. The fraction of sp³-hybridized carbons (Fsp3) is 0.412. The van der Waals surface area contributed by atoms with Gasteiger partial charge in [0.2, 0.25) is 5.95 Å². The highest BCUT2D eigenvalue weighted by Crippen LogP contribution is 2.21. The van der Waals surface area contributed by atoms with E-state index < -0.39 is 0 Å². The molecule has 0 saturated carbocycles. The number of hydrogen-bond acceptors (Lipinski definition) is 5. The van der Waals surface area contributed by atoms with E-state index in [-0.39, 0.29) is 0 Å². The molecule has 0 bridgehead atoms. The van der Waals surface area contributed by atoms with E-state index in [0.29, 0.717) is 5.95 Å². The molecule has 1 heterocycles. The molecule has 2 rings (SSSR count). The third-order valence-corrected chi connectivity index (χ3v) is 3.36.